The molecule has 0 radical (unpaired) electrons. The Kier molecular flexibility index (Phi) is 4.95. The van der Waals surface area contributed by atoms with Gasteiger partial charge in [0.25, 0.3) is 0 Å². The van der Waals surface area contributed by atoms with Gasteiger partial charge in [0.1, 0.15) is 5.54 Å². The predicted molar refractivity (Wildman–Crippen MR) is 66.8 cm³/mol. The van der Waals surface area contributed by atoms with E-state index in [0.717, 1.165) is 23.9 Å². The first-order valence-electron chi connectivity index (χ1n) is 5.88. The number of quaternary nitrogens is 2. The van der Waals surface area contributed by atoms with Crippen molar-refractivity contribution in [1.29, 1.82) is 0 Å². The Labute approximate surface area is 100 Å². The van der Waals surface area contributed by atoms with Gasteiger partial charge >= 0.3 is 0 Å². The summed E-state index contributed by atoms with van der Waals surface area (Å²) in [6.07, 6.45) is 0.525. The molecule has 0 fully saturated rings. The zero-order valence-corrected chi connectivity index (χ0v) is 12.0. The highest BCUT2D eigenvalue weighted by Crippen LogP contribution is 2.27. The van der Waals surface area contributed by atoms with E-state index in [2.05, 4.69) is 21.1 Å². The molecule has 0 spiro atoms. The van der Waals surface area contributed by atoms with Crippen LogP contribution in [0, 0.1) is 0 Å². The molecule has 0 aromatic heterocycles. The molecule has 1 unspecified atom stereocenters. The molecule has 16 heavy (non-hydrogen) atoms. The summed E-state index contributed by atoms with van der Waals surface area (Å²) in [5, 5.41) is 19.1. The molecule has 0 aliphatic carbocycles. The highest BCUT2D eigenvalue weighted by molar-refractivity contribution is 4.77. The van der Waals surface area contributed by atoms with Gasteiger partial charge in [-0.3, -0.25) is 0 Å². The van der Waals surface area contributed by atoms with Gasteiger partial charge in [0.05, 0.1) is 48.8 Å². The van der Waals surface area contributed by atoms with Crippen LogP contribution in [0.3, 0.4) is 0 Å². The van der Waals surface area contributed by atoms with E-state index in [1.807, 2.05) is 28.1 Å². The summed E-state index contributed by atoms with van der Waals surface area (Å²) in [4.78, 5) is 0. The molecular formula is C12H30N2O2+2. The van der Waals surface area contributed by atoms with E-state index in [0.29, 0.717) is 4.48 Å². The normalized spacial score (nSPS) is 17.6. The van der Waals surface area contributed by atoms with Gasteiger partial charge in [0.15, 0.2) is 0 Å². The lowest BCUT2D eigenvalue weighted by molar-refractivity contribution is -0.931. The van der Waals surface area contributed by atoms with Crippen LogP contribution in [0.25, 0.3) is 0 Å². The highest BCUT2D eigenvalue weighted by atomic mass is 16.5. The van der Waals surface area contributed by atoms with E-state index in [1.54, 1.807) is 0 Å². The van der Waals surface area contributed by atoms with Crippen LogP contribution in [0.15, 0.2) is 0 Å². The number of nitrogens with zero attached hydrogens (tertiary/aromatic N) is 2. The SMILES string of the molecule is CC(CCC[N+](C)(C)C)(C(O)O)[N+](C)(C)C. The molecule has 0 aromatic rings. The third kappa shape index (κ3) is 4.37. The van der Waals surface area contributed by atoms with Crippen molar-refractivity contribution in [3.05, 3.63) is 0 Å². The molecule has 0 saturated carbocycles. The summed E-state index contributed by atoms with van der Waals surface area (Å²) < 4.78 is 1.47. The molecule has 0 aliphatic rings. The number of rotatable bonds is 6. The van der Waals surface area contributed by atoms with Gasteiger partial charge in [-0.2, -0.15) is 0 Å². The minimum Gasteiger partial charge on any atom is -0.363 e. The van der Waals surface area contributed by atoms with Gasteiger partial charge < -0.3 is 19.2 Å². The Balaban J connectivity index is 4.49. The Hall–Kier alpha value is -0.160. The molecule has 4 heteroatoms. The topological polar surface area (TPSA) is 40.5 Å². The quantitative estimate of drug-likeness (QED) is 0.511. The van der Waals surface area contributed by atoms with Crippen LogP contribution in [0.5, 0.6) is 0 Å². The van der Waals surface area contributed by atoms with Crippen LogP contribution in [0.1, 0.15) is 19.8 Å². The summed E-state index contributed by atoms with van der Waals surface area (Å²) >= 11 is 0. The first kappa shape index (κ1) is 15.8. The van der Waals surface area contributed by atoms with Crippen molar-refractivity contribution in [2.45, 2.75) is 31.6 Å². The molecule has 0 saturated heterocycles. The fourth-order valence-corrected chi connectivity index (χ4v) is 1.72. The Morgan fingerprint density at radius 2 is 1.44 bits per heavy atom. The molecule has 0 heterocycles. The summed E-state index contributed by atoms with van der Waals surface area (Å²) in [5.41, 5.74) is -0.505. The third-order valence-electron chi connectivity index (χ3n) is 3.60. The second kappa shape index (κ2) is 5.00. The maximum atomic E-state index is 9.57. The van der Waals surface area contributed by atoms with Crippen LogP contribution >= 0.6 is 0 Å². The zero-order valence-electron chi connectivity index (χ0n) is 12.0. The predicted octanol–water partition coefficient (Wildman–Crippen LogP) is 0.248. The molecule has 98 valence electrons. The lowest BCUT2D eigenvalue weighted by Gasteiger charge is -2.45. The largest absolute Gasteiger partial charge is 0.363 e. The fraction of sp³-hybridized carbons (Fsp3) is 1.00. The zero-order chi connectivity index (χ0) is 13.2. The number of hydrogen-bond donors (Lipinski definition) is 2. The van der Waals surface area contributed by atoms with Crippen LogP contribution in [-0.2, 0) is 0 Å². The van der Waals surface area contributed by atoms with Gasteiger partial charge in [0.2, 0.25) is 6.29 Å². The Bertz CT molecular complexity index is 216. The number of aliphatic hydroxyl groups is 2. The van der Waals surface area contributed by atoms with E-state index >= 15 is 0 Å². The average Bonchev–Trinajstić information content (AvgIpc) is 1.98. The second-order valence-corrected chi connectivity index (χ2v) is 6.86. The fourth-order valence-electron chi connectivity index (χ4n) is 1.72. The van der Waals surface area contributed by atoms with Crippen molar-refractivity contribution in [2.75, 3.05) is 48.8 Å². The number of aliphatic hydroxyl groups excluding tert-OH is 1. The molecule has 4 nitrogen and oxygen atoms in total. The average molecular weight is 234 g/mol. The van der Waals surface area contributed by atoms with E-state index in [1.165, 1.54) is 0 Å². The smallest absolute Gasteiger partial charge is 0.208 e. The van der Waals surface area contributed by atoms with Gasteiger partial charge in [-0.15, -0.1) is 0 Å². The van der Waals surface area contributed by atoms with Crippen LogP contribution < -0.4 is 0 Å². The summed E-state index contributed by atoms with van der Waals surface area (Å²) in [6, 6.07) is 0. The minimum absolute atomic E-state index is 0.505. The van der Waals surface area contributed by atoms with Crippen molar-refractivity contribution in [1.82, 2.24) is 0 Å². The Morgan fingerprint density at radius 1 is 1.00 bits per heavy atom. The first-order chi connectivity index (χ1) is 6.90. The van der Waals surface area contributed by atoms with E-state index in [-0.39, 0.29) is 0 Å². The summed E-state index contributed by atoms with van der Waals surface area (Å²) in [6.45, 7) is 2.98. The standard InChI is InChI=1S/C12H30N2O2/c1-12(11(15)16,14(5,6)7)9-8-10-13(2,3)4/h11,15-16H,8-10H2,1-7H3/q+2. The van der Waals surface area contributed by atoms with Crippen molar-refractivity contribution < 1.29 is 19.2 Å². The monoisotopic (exact) mass is 234 g/mol. The molecule has 2 N–H and O–H groups in total. The minimum atomic E-state index is -1.28. The molecular weight excluding hydrogens is 204 g/mol. The van der Waals surface area contributed by atoms with Crippen LogP contribution in [-0.4, -0.2) is 79.8 Å². The lowest BCUT2D eigenvalue weighted by atomic mass is 9.91. The number of hydrogen-bond acceptors (Lipinski definition) is 2. The second-order valence-electron chi connectivity index (χ2n) is 6.86. The Morgan fingerprint density at radius 3 is 1.69 bits per heavy atom. The van der Waals surface area contributed by atoms with E-state index in [9.17, 15) is 10.2 Å². The van der Waals surface area contributed by atoms with Crippen LogP contribution in [0.2, 0.25) is 0 Å². The maximum Gasteiger partial charge on any atom is 0.208 e. The summed E-state index contributed by atoms with van der Waals surface area (Å²) in [7, 11) is 12.5. The van der Waals surface area contributed by atoms with Gasteiger partial charge in [0, 0.05) is 12.8 Å². The van der Waals surface area contributed by atoms with E-state index in [4.69, 9.17) is 0 Å². The van der Waals surface area contributed by atoms with E-state index < -0.39 is 11.8 Å². The molecule has 0 bridgehead atoms. The van der Waals surface area contributed by atoms with Gasteiger partial charge in [-0.25, -0.2) is 0 Å². The van der Waals surface area contributed by atoms with Gasteiger partial charge in [-0.1, -0.05) is 0 Å². The molecule has 0 amide bonds. The molecule has 0 aliphatic heterocycles. The number of likely N-dealkylation sites (N-methyl/N-ethyl adjacent to an activating group) is 1. The van der Waals surface area contributed by atoms with Crippen LogP contribution in [0.4, 0.5) is 0 Å². The maximum absolute atomic E-state index is 9.57. The molecule has 0 rings (SSSR count). The van der Waals surface area contributed by atoms with Crippen molar-refractivity contribution in [3.63, 3.8) is 0 Å². The van der Waals surface area contributed by atoms with Gasteiger partial charge in [-0.05, 0) is 6.92 Å². The summed E-state index contributed by atoms with van der Waals surface area (Å²) in [5.74, 6) is 0. The first-order valence-corrected chi connectivity index (χ1v) is 5.88. The highest BCUT2D eigenvalue weighted by Gasteiger charge is 2.44. The van der Waals surface area contributed by atoms with Crippen molar-refractivity contribution in [2.24, 2.45) is 0 Å². The van der Waals surface area contributed by atoms with Crippen molar-refractivity contribution >= 4 is 0 Å². The molecule has 1 atom stereocenters. The lowest BCUT2D eigenvalue weighted by Crippen LogP contribution is -2.62. The van der Waals surface area contributed by atoms with Crippen molar-refractivity contribution in [3.8, 4) is 0 Å². The molecule has 0 aromatic carbocycles. The third-order valence-corrected chi connectivity index (χ3v) is 3.60.